The molecule has 166 valence electrons. The minimum atomic E-state index is -0.623. The molecular weight excluding hydrogens is 414 g/mol. The molecule has 2 aromatic rings. The average Bonchev–Trinajstić information content (AvgIpc) is 2.80. The van der Waals surface area contributed by atoms with Crippen LogP contribution in [0.5, 0.6) is 0 Å². The molecule has 0 N–H and O–H groups in total. The number of aromatic nitrogens is 2. The van der Waals surface area contributed by atoms with Gasteiger partial charge in [0.2, 0.25) is 11.9 Å². The lowest BCUT2D eigenvalue weighted by molar-refractivity contribution is -0.137. The van der Waals surface area contributed by atoms with Crippen LogP contribution in [0.4, 0.5) is 5.95 Å². The molecule has 7 nitrogen and oxygen atoms in total. The summed E-state index contributed by atoms with van der Waals surface area (Å²) in [6.45, 7) is 11.2. The SMILES string of the molecule is CCN(CC)c1ncc(Cl)c(C(=O)N2CCN(C(=O)C(C)(C)c3ccccc3)CC2)n1. The molecule has 0 aliphatic carbocycles. The van der Waals surface area contributed by atoms with Crippen molar-refractivity contribution < 1.29 is 9.59 Å². The summed E-state index contributed by atoms with van der Waals surface area (Å²) in [6, 6.07) is 9.78. The Bertz CT molecular complexity index is 923. The first kappa shape index (κ1) is 23.0. The maximum Gasteiger partial charge on any atom is 0.274 e. The van der Waals surface area contributed by atoms with Crippen LogP contribution in [0.3, 0.4) is 0 Å². The van der Waals surface area contributed by atoms with Crippen LogP contribution in [0.15, 0.2) is 36.5 Å². The minimum absolute atomic E-state index is 0.0645. The molecule has 0 atom stereocenters. The fraction of sp³-hybridized carbons (Fsp3) is 0.478. The molecule has 1 aromatic carbocycles. The summed E-state index contributed by atoms with van der Waals surface area (Å²) in [5, 5.41) is 0.240. The van der Waals surface area contributed by atoms with Gasteiger partial charge in [0.25, 0.3) is 5.91 Å². The number of benzene rings is 1. The monoisotopic (exact) mass is 443 g/mol. The molecule has 1 aliphatic rings. The second kappa shape index (κ2) is 9.64. The molecule has 3 rings (SSSR count). The Kier molecular flexibility index (Phi) is 7.15. The molecule has 1 aliphatic heterocycles. The van der Waals surface area contributed by atoms with E-state index in [1.165, 1.54) is 6.20 Å². The van der Waals surface area contributed by atoms with E-state index in [9.17, 15) is 9.59 Å². The van der Waals surface area contributed by atoms with E-state index in [1.807, 2.05) is 67.8 Å². The average molecular weight is 444 g/mol. The molecule has 0 spiro atoms. The zero-order chi connectivity index (χ0) is 22.6. The standard InChI is InChI=1S/C23H30ClN5O2/c1-5-27(6-2)22-25-16-18(24)19(26-22)20(30)28-12-14-29(15-13-28)21(31)23(3,4)17-10-8-7-9-11-17/h7-11,16H,5-6,12-15H2,1-4H3. The lowest BCUT2D eigenvalue weighted by Gasteiger charge is -2.38. The predicted molar refractivity (Wildman–Crippen MR) is 123 cm³/mol. The van der Waals surface area contributed by atoms with Gasteiger partial charge in [0.05, 0.1) is 16.6 Å². The fourth-order valence-corrected chi connectivity index (χ4v) is 3.97. The van der Waals surface area contributed by atoms with Gasteiger partial charge in [-0.2, -0.15) is 0 Å². The van der Waals surface area contributed by atoms with Crippen molar-refractivity contribution in [2.45, 2.75) is 33.1 Å². The van der Waals surface area contributed by atoms with Gasteiger partial charge in [0.1, 0.15) is 0 Å². The van der Waals surface area contributed by atoms with Crippen molar-refractivity contribution in [3.8, 4) is 0 Å². The molecule has 0 unspecified atom stereocenters. The van der Waals surface area contributed by atoms with Gasteiger partial charge < -0.3 is 14.7 Å². The van der Waals surface area contributed by atoms with Gasteiger partial charge in [-0.15, -0.1) is 0 Å². The molecule has 1 saturated heterocycles. The predicted octanol–water partition coefficient (Wildman–Crippen LogP) is 3.24. The molecule has 2 amide bonds. The third kappa shape index (κ3) is 4.82. The van der Waals surface area contributed by atoms with Crippen molar-refractivity contribution >= 4 is 29.4 Å². The van der Waals surface area contributed by atoms with Gasteiger partial charge in [0.15, 0.2) is 5.69 Å². The number of anilines is 1. The highest BCUT2D eigenvalue weighted by Crippen LogP contribution is 2.26. The Labute approximate surface area is 189 Å². The van der Waals surface area contributed by atoms with E-state index in [4.69, 9.17) is 11.6 Å². The normalized spacial score (nSPS) is 14.5. The van der Waals surface area contributed by atoms with Crippen molar-refractivity contribution in [1.82, 2.24) is 19.8 Å². The van der Waals surface area contributed by atoms with Crippen LogP contribution in [-0.4, -0.2) is 70.9 Å². The van der Waals surface area contributed by atoms with E-state index in [0.717, 1.165) is 18.7 Å². The fourth-order valence-electron chi connectivity index (χ4n) is 3.80. The quantitative estimate of drug-likeness (QED) is 0.685. The van der Waals surface area contributed by atoms with Crippen LogP contribution in [-0.2, 0) is 10.2 Å². The molecule has 8 heteroatoms. The van der Waals surface area contributed by atoms with Crippen LogP contribution < -0.4 is 4.90 Å². The summed E-state index contributed by atoms with van der Waals surface area (Å²) < 4.78 is 0. The third-order valence-corrected chi connectivity index (χ3v) is 6.14. The van der Waals surface area contributed by atoms with Crippen LogP contribution in [0.25, 0.3) is 0 Å². The van der Waals surface area contributed by atoms with E-state index in [-0.39, 0.29) is 22.5 Å². The van der Waals surface area contributed by atoms with Gasteiger partial charge in [-0.3, -0.25) is 9.59 Å². The van der Waals surface area contributed by atoms with Crippen LogP contribution in [0.2, 0.25) is 5.02 Å². The maximum atomic E-state index is 13.2. The first-order valence-electron chi connectivity index (χ1n) is 10.7. The lowest BCUT2D eigenvalue weighted by Crippen LogP contribution is -2.54. The lowest BCUT2D eigenvalue weighted by atomic mass is 9.83. The van der Waals surface area contributed by atoms with Gasteiger partial charge in [0, 0.05) is 39.3 Å². The zero-order valence-corrected chi connectivity index (χ0v) is 19.4. The van der Waals surface area contributed by atoms with Crippen LogP contribution in [0.1, 0.15) is 43.7 Å². The smallest absolute Gasteiger partial charge is 0.274 e. The summed E-state index contributed by atoms with van der Waals surface area (Å²) >= 11 is 6.25. The maximum absolute atomic E-state index is 13.2. The topological polar surface area (TPSA) is 69.6 Å². The van der Waals surface area contributed by atoms with Gasteiger partial charge >= 0.3 is 0 Å². The molecule has 1 aromatic heterocycles. The van der Waals surface area contributed by atoms with Crippen molar-refractivity contribution in [1.29, 1.82) is 0 Å². The van der Waals surface area contributed by atoms with Crippen molar-refractivity contribution in [3.05, 3.63) is 52.8 Å². The molecular formula is C23H30ClN5O2. The first-order valence-corrected chi connectivity index (χ1v) is 11.1. The zero-order valence-electron chi connectivity index (χ0n) is 18.6. The Hall–Kier alpha value is -2.67. The summed E-state index contributed by atoms with van der Waals surface area (Å²) in [5.41, 5.74) is 0.570. The first-order chi connectivity index (χ1) is 14.8. The molecule has 2 heterocycles. The largest absolute Gasteiger partial charge is 0.341 e. The van der Waals surface area contributed by atoms with Gasteiger partial charge in [-0.05, 0) is 33.3 Å². The van der Waals surface area contributed by atoms with Crippen molar-refractivity contribution in [3.63, 3.8) is 0 Å². The highest BCUT2D eigenvalue weighted by molar-refractivity contribution is 6.33. The second-order valence-corrected chi connectivity index (χ2v) is 8.52. The number of halogens is 1. The summed E-state index contributed by atoms with van der Waals surface area (Å²) in [7, 11) is 0. The summed E-state index contributed by atoms with van der Waals surface area (Å²) in [5.74, 6) is 0.334. The molecule has 1 fully saturated rings. The van der Waals surface area contributed by atoms with Crippen molar-refractivity contribution in [2.75, 3.05) is 44.2 Å². The van der Waals surface area contributed by atoms with Gasteiger partial charge in [-0.1, -0.05) is 41.9 Å². The molecule has 0 radical (unpaired) electrons. The summed E-state index contributed by atoms with van der Waals surface area (Å²) in [4.78, 5) is 40.5. The Morgan fingerprint density at radius 1 is 1.03 bits per heavy atom. The van der Waals surface area contributed by atoms with E-state index in [2.05, 4.69) is 9.97 Å². The molecule has 0 bridgehead atoms. The highest BCUT2D eigenvalue weighted by Gasteiger charge is 2.36. The van der Waals surface area contributed by atoms with E-state index in [0.29, 0.717) is 32.1 Å². The second-order valence-electron chi connectivity index (χ2n) is 8.11. The van der Waals surface area contributed by atoms with E-state index < -0.39 is 5.41 Å². The van der Waals surface area contributed by atoms with Crippen LogP contribution in [0, 0.1) is 0 Å². The Morgan fingerprint density at radius 3 is 2.19 bits per heavy atom. The third-order valence-electron chi connectivity index (χ3n) is 5.86. The number of hydrogen-bond donors (Lipinski definition) is 0. The number of amides is 2. The van der Waals surface area contributed by atoms with Crippen molar-refractivity contribution in [2.24, 2.45) is 0 Å². The number of hydrogen-bond acceptors (Lipinski definition) is 5. The Balaban J connectivity index is 1.69. The number of carbonyl (C=O) groups is 2. The van der Waals surface area contributed by atoms with E-state index >= 15 is 0 Å². The Morgan fingerprint density at radius 2 is 1.61 bits per heavy atom. The summed E-state index contributed by atoms with van der Waals surface area (Å²) in [6.07, 6.45) is 1.48. The van der Waals surface area contributed by atoms with Gasteiger partial charge in [-0.25, -0.2) is 9.97 Å². The van der Waals surface area contributed by atoms with Crippen LogP contribution >= 0.6 is 11.6 Å². The minimum Gasteiger partial charge on any atom is -0.341 e. The molecule has 31 heavy (non-hydrogen) atoms. The molecule has 0 saturated carbocycles. The highest BCUT2D eigenvalue weighted by atomic mass is 35.5. The number of piperazine rings is 1. The number of carbonyl (C=O) groups excluding carboxylic acids is 2. The number of nitrogens with zero attached hydrogens (tertiary/aromatic N) is 5. The number of rotatable bonds is 6. The van der Waals surface area contributed by atoms with E-state index in [1.54, 1.807) is 4.90 Å².